The third-order valence-corrected chi connectivity index (χ3v) is 3.80. The number of hydrogen-bond acceptors (Lipinski definition) is 2. The lowest BCUT2D eigenvalue weighted by Crippen LogP contribution is -2.18. The van der Waals surface area contributed by atoms with E-state index in [-0.39, 0.29) is 11.9 Å². The van der Waals surface area contributed by atoms with E-state index in [2.05, 4.69) is 11.4 Å². The predicted octanol–water partition coefficient (Wildman–Crippen LogP) is 4.19. The fraction of sp³-hybridized carbons (Fsp3) is 0.286. The van der Waals surface area contributed by atoms with Crippen molar-refractivity contribution in [1.29, 1.82) is 0 Å². The van der Waals surface area contributed by atoms with Crippen LogP contribution in [0.15, 0.2) is 30.3 Å². The molecule has 0 aliphatic heterocycles. The maximum Gasteiger partial charge on any atom is 0.128 e. The molecule has 1 atom stereocenters. The van der Waals surface area contributed by atoms with Crippen LogP contribution in [0.25, 0.3) is 0 Å². The van der Waals surface area contributed by atoms with Crippen molar-refractivity contribution in [2.45, 2.75) is 26.4 Å². The fourth-order valence-electron chi connectivity index (χ4n) is 1.79. The molecule has 96 valence electrons. The van der Waals surface area contributed by atoms with Crippen LogP contribution in [-0.2, 0) is 6.54 Å². The molecule has 0 bridgehead atoms. The molecule has 0 saturated carbocycles. The van der Waals surface area contributed by atoms with Gasteiger partial charge in [-0.1, -0.05) is 0 Å². The Morgan fingerprint density at radius 2 is 2.00 bits per heavy atom. The molecule has 2 aromatic rings. The molecule has 0 fully saturated rings. The quantitative estimate of drug-likeness (QED) is 0.876. The molecule has 1 aromatic carbocycles. The topological polar surface area (TPSA) is 12.0 Å². The molecule has 1 nitrogen and oxygen atoms in total. The van der Waals surface area contributed by atoms with Gasteiger partial charge in [0, 0.05) is 27.9 Å². The Bertz CT molecular complexity index is 536. The maximum atomic E-state index is 13.5. The third kappa shape index (κ3) is 3.15. The van der Waals surface area contributed by atoms with Crippen LogP contribution >= 0.6 is 11.3 Å². The van der Waals surface area contributed by atoms with Crippen molar-refractivity contribution in [1.82, 2.24) is 5.32 Å². The van der Waals surface area contributed by atoms with Gasteiger partial charge in [-0.15, -0.1) is 11.3 Å². The molecule has 0 amide bonds. The van der Waals surface area contributed by atoms with Gasteiger partial charge in [-0.05, 0) is 44.2 Å². The molecule has 18 heavy (non-hydrogen) atoms. The van der Waals surface area contributed by atoms with Crippen molar-refractivity contribution >= 4 is 11.3 Å². The van der Waals surface area contributed by atoms with Crippen molar-refractivity contribution in [2.75, 3.05) is 0 Å². The van der Waals surface area contributed by atoms with Crippen LogP contribution in [0.4, 0.5) is 8.78 Å². The van der Waals surface area contributed by atoms with Gasteiger partial charge in [-0.25, -0.2) is 8.78 Å². The number of halogens is 2. The highest BCUT2D eigenvalue weighted by Crippen LogP contribution is 2.20. The van der Waals surface area contributed by atoms with Gasteiger partial charge in [0.2, 0.25) is 0 Å². The van der Waals surface area contributed by atoms with Crippen LogP contribution in [0.1, 0.15) is 28.3 Å². The molecule has 0 spiro atoms. The summed E-state index contributed by atoms with van der Waals surface area (Å²) in [5, 5.41) is 3.20. The van der Waals surface area contributed by atoms with Gasteiger partial charge in [0.1, 0.15) is 11.6 Å². The van der Waals surface area contributed by atoms with E-state index in [1.165, 1.54) is 15.8 Å². The first-order chi connectivity index (χ1) is 8.56. The van der Waals surface area contributed by atoms with Crippen LogP contribution in [0.3, 0.4) is 0 Å². The van der Waals surface area contributed by atoms with Gasteiger partial charge >= 0.3 is 0 Å². The molecular weight excluding hydrogens is 252 g/mol. The van der Waals surface area contributed by atoms with Gasteiger partial charge < -0.3 is 5.32 Å². The lowest BCUT2D eigenvalue weighted by atomic mass is 10.1. The van der Waals surface area contributed by atoms with Crippen LogP contribution in [-0.4, -0.2) is 0 Å². The molecule has 1 unspecified atom stereocenters. The Morgan fingerprint density at radius 1 is 1.22 bits per heavy atom. The summed E-state index contributed by atoms with van der Waals surface area (Å²) in [5.41, 5.74) is 0.364. The van der Waals surface area contributed by atoms with Gasteiger partial charge in [0.15, 0.2) is 0 Å². The zero-order valence-corrected chi connectivity index (χ0v) is 11.2. The summed E-state index contributed by atoms with van der Waals surface area (Å²) in [6, 6.07) is 7.42. The number of rotatable bonds is 4. The molecule has 1 aromatic heterocycles. The largest absolute Gasteiger partial charge is 0.305 e. The molecule has 1 N–H and O–H groups in total. The summed E-state index contributed by atoms with van der Waals surface area (Å²) in [7, 11) is 0. The molecular formula is C14H15F2NS. The van der Waals surface area contributed by atoms with E-state index < -0.39 is 5.82 Å². The fourth-order valence-corrected chi connectivity index (χ4v) is 2.63. The van der Waals surface area contributed by atoms with Crippen LogP contribution < -0.4 is 5.32 Å². The minimum atomic E-state index is -0.410. The Morgan fingerprint density at radius 3 is 2.67 bits per heavy atom. The molecule has 0 saturated heterocycles. The van der Waals surface area contributed by atoms with E-state index in [9.17, 15) is 8.78 Å². The Labute approximate surface area is 109 Å². The summed E-state index contributed by atoms with van der Waals surface area (Å²) in [6.45, 7) is 4.54. The Kier molecular flexibility index (Phi) is 4.09. The van der Waals surface area contributed by atoms with E-state index in [0.717, 1.165) is 12.1 Å². The van der Waals surface area contributed by atoms with Crippen molar-refractivity contribution < 1.29 is 8.78 Å². The normalized spacial score (nSPS) is 12.7. The standard InChI is InChI=1S/C14H15F2NS/c1-9-3-5-12(18-9)8-17-10(2)13-7-11(15)4-6-14(13)16/h3-7,10,17H,8H2,1-2H3. The second-order valence-electron chi connectivity index (χ2n) is 4.28. The van der Waals surface area contributed by atoms with Crippen LogP contribution in [0, 0.1) is 18.6 Å². The number of thiophene rings is 1. The van der Waals surface area contributed by atoms with E-state index in [0.29, 0.717) is 12.1 Å². The minimum Gasteiger partial charge on any atom is -0.305 e. The first kappa shape index (κ1) is 13.2. The van der Waals surface area contributed by atoms with Gasteiger partial charge in [0.25, 0.3) is 0 Å². The van der Waals surface area contributed by atoms with Gasteiger partial charge in [-0.2, -0.15) is 0 Å². The Hall–Kier alpha value is -1.26. The molecule has 0 radical (unpaired) electrons. The van der Waals surface area contributed by atoms with Crippen LogP contribution in [0.2, 0.25) is 0 Å². The SMILES string of the molecule is Cc1ccc(CNC(C)c2cc(F)ccc2F)s1. The average Bonchev–Trinajstić information content (AvgIpc) is 2.75. The van der Waals surface area contributed by atoms with E-state index in [1.807, 2.05) is 19.9 Å². The van der Waals surface area contributed by atoms with Crippen molar-refractivity contribution in [3.8, 4) is 0 Å². The highest BCUT2D eigenvalue weighted by molar-refractivity contribution is 7.11. The van der Waals surface area contributed by atoms with E-state index in [4.69, 9.17) is 0 Å². The number of nitrogens with one attached hydrogen (secondary N) is 1. The van der Waals surface area contributed by atoms with Gasteiger partial charge in [0.05, 0.1) is 0 Å². The number of hydrogen-bond donors (Lipinski definition) is 1. The average molecular weight is 267 g/mol. The zero-order chi connectivity index (χ0) is 13.1. The summed E-state index contributed by atoms with van der Waals surface area (Å²) in [5.74, 6) is -0.786. The highest BCUT2D eigenvalue weighted by Gasteiger charge is 2.11. The molecule has 0 aliphatic carbocycles. The molecule has 1 heterocycles. The van der Waals surface area contributed by atoms with Crippen molar-refractivity contribution in [2.24, 2.45) is 0 Å². The van der Waals surface area contributed by atoms with Crippen LogP contribution in [0.5, 0.6) is 0 Å². The van der Waals surface area contributed by atoms with Gasteiger partial charge in [-0.3, -0.25) is 0 Å². The molecule has 4 heteroatoms. The second-order valence-corrected chi connectivity index (χ2v) is 5.65. The Balaban J connectivity index is 2.03. The molecule has 2 rings (SSSR count). The summed E-state index contributed by atoms with van der Waals surface area (Å²) < 4.78 is 26.6. The third-order valence-electron chi connectivity index (χ3n) is 2.80. The molecule has 0 aliphatic rings. The first-order valence-corrected chi connectivity index (χ1v) is 6.61. The van der Waals surface area contributed by atoms with E-state index in [1.54, 1.807) is 11.3 Å². The zero-order valence-electron chi connectivity index (χ0n) is 10.3. The second kappa shape index (κ2) is 5.59. The predicted molar refractivity (Wildman–Crippen MR) is 70.7 cm³/mol. The lowest BCUT2D eigenvalue weighted by molar-refractivity contribution is 0.520. The van der Waals surface area contributed by atoms with E-state index >= 15 is 0 Å². The lowest BCUT2D eigenvalue weighted by Gasteiger charge is -2.14. The number of benzene rings is 1. The van der Waals surface area contributed by atoms with Crippen molar-refractivity contribution in [3.63, 3.8) is 0 Å². The smallest absolute Gasteiger partial charge is 0.128 e. The minimum absolute atomic E-state index is 0.219. The summed E-state index contributed by atoms with van der Waals surface area (Å²) >= 11 is 1.70. The summed E-state index contributed by atoms with van der Waals surface area (Å²) in [6.07, 6.45) is 0. The maximum absolute atomic E-state index is 13.5. The highest BCUT2D eigenvalue weighted by atomic mass is 32.1. The van der Waals surface area contributed by atoms with Crippen molar-refractivity contribution in [3.05, 3.63) is 57.3 Å². The number of aryl methyl sites for hydroxylation is 1. The first-order valence-electron chi connectivity index (χ1n) is 5.80. The summed E-state index contributed by atoms with van der Waals surface area (Å²) in [4.78, 5) is 2.44. The monoisotopic (exact) mass is 267 g/mol.